The van der Waals surface area contributed by atoms with Crippen molar-refractivity contribution in [2.24, 2.45) is 0 Å². The summed E-state index contributed by atoms with van der Waals surface area (Å²) in [5, 5.41) is 2.97. The molecule has 4 aromatic heterocycles. The minimum Gasteiger partial charge on any atom is -0.480 e. The van der Waals surface area contributed by atoms with E-state index in [-0.39, 0.29) is 11.6 Å². The molecule has 0 fully saturated rings. The van der Waals surface area contributed by atoms with Gasteiger partial charge in [-0.25, -0.2) is 28.5 Å². The van der Waals surface area contributed by atoms with Gasteiger partial charge in [0.05, 0.1) is 42.4 Å². The summed E-state index contributed by atoms with van der Waals surface area (Å²) >= 11 is 1.26. The Balaban J connectivity index is 1.35. The van der Waals surface area contributed by atoms with Gasteiger partial charge in [-0.3, -0.25) is 10.3 Å². The van der Waals surface area contributed by atoms with Gasteiger partial charge in [-0.15, -0.1) is 0 Å². The second-order valence-electron chi connectivity index (χ2n) is 8.66. The van der Waals surface area contributed by atoms with Gasteiger partial charge in [0, 0.05) is 17.7 Å². The number of methoxy groups -OCH3 is 1. The SMILES string of the molecule is COc1cnc2c(-c3nc4cc(F)c(O[C@@H](C)[C@@H](C)OC(=O)Nc5cncc(F)c5)nc4s3)cc(C)cc2n1. The molecule has 39 heavy (non-hydrogen) atoms. The number of nitrogens with zero attached hydrogens (tertiary/aromatic N) is 5. The van der Waals surface area contributed by atoms with Gasteiger partial charge < -0.3 is 14.2 Å². The number of aryl methyl sites for hydroxylation is 1. The highest BCUT2D eigenvalue weighted by atomic mass is 32.1. The predicted octanol–water partition coefficient (Wildman–Crippen LogP) is 5.70. The van der Waals surface area contributed by atoms with Crippen molar-refractivity contribution >= 4 is 44.5 Å². The average molecular weight is 553 g/mol. The quantitative estimate of drug-likeness (QED) is 0.271. The van der Waals surface area contributed by atoms with E-state index in [4.69, 9.17) is 14.2 Å². The molecule has 10 nitrogen and oxygen atoms in total. The van der Waals surface area contributed by atoms with Crippen molar-refractivity contribution in [2.45, 2.75) is 33.0 Å². The molecule has 5 aromatic rings. The molecule has 200 valence electrons. The normalized spacial score (nSPS) is 12.8. The molecule has 4 heterocycles. The second-order valence-corrected chi connectivity index (χ2v) is 9.64. The number of halogens is 2. The lowest BCUT2D eigenvalue weighted by Crippen LogP contribution is -2.33. The van der Waals surface area contributed by atoms with Gasteiger partial charge in [-0.1, -0.05) is 11.3 Å². The first-order valence-corrected chi connectivity index (χ1v) is 12.6. The fraction of sp³-hybridized carbons (Fsp3) is 0.231. The van der Waals surface area contributed by atoms with Crippen LogP contribution in [0.1, 0.15) is 19.4 Å². The van der Waals surface area contributed by atoms with Crippen molar-refractivity contribution in [2.75, 3.05) is 12.4 Å². The van der Waals surface area contributed by atoms with Gasteiger partial charge in [0.1, 0.15) is 33.4 Å². The summed E-state index contributed by atoms with van der Waals surface area (Å²) in [6, 6.07) is 6.17. The van der Waals surface area contributed by atoms with Crippen molar-refractivity contribution in [1.29, 1.82) is 0 Å². The summed E-state index contributed by atoms with van der Waals surface area (Å²) in [6.45, 7) is 5.12. The molecule has 1 N–H and O–H groups in total. The van der Waals surface area contributed by atoms with E-state index in [0.717, 1.165) is 23.4 Å². The number of amides is 1. The number of aromatic nitrogens is 5. The maximum Gasteiger partial charge on any atom is 0.412 e. The number of hydrogen-bond acceptors (Lipinski definition) is 10. The summed E-state index contributed by atoms with van der Waals surface area (Å²) in [5.74, 6) is -1.18. The lowest BCUT2D eigenvalue weighted by molar-refractivity contribution is 0.0379. The van der Waals surface area contributed by atoms with E-state index in [1.165, 1.54) is 36.9 Å². The summed E-state index contributed by atoms with van der Waals surface area (Å²) in [7, 11) is 1.52. The number of anilines is 1. The van der Waals surface area contributed by atoms with Gasteiger partial charge >= 0.3 is 6.09 Å². The third-order valence-corrected chi connectivity index (χ3v) is 6.71. The first-order chi connectivity index (χ1) is 18.7. The molecule has 1 aromatic carbocycles. The molecule has 0 aliphatic carbocycles. The Morgan fingerprint density at radius 2 is 1.82 bits per heavy atom. The number of carbonyl (C=O) groups excluding carboxylic acids is 1. The Morgan fingerprint density at radius 1 is 1.00 bits per heavy atom. The van der Waals surface area contributed by atoms with Crippen LogP contribution in [0.2, 0.25) is 0 Å². The van der Waals surface area contributed by atoms with Crippen LogP contribution < -0.4 is 14.8 Å². The van der Waals surface area contributed by atoms with Crippen LogP contribution in [0.25, 0.3) is 32.0 Å². The summed E-state index contributed by atoms with van der Waals surface area (Å²) in [5.41, 5.74) is 3.45. The molecule has 0 aliphatic rings. The van der Waals surface area contributed by atoms with Crippen molar-refractivity contribution < 1.29 is 27.8 Å². The first kappa shape index (κ1) is 26.1. The zero-order valence-electron chi connectivity index (χ0n) is 21.2. The standard InChI is InChI=1S/C26H22F2N6O4S/c1-12-5-17(22-19(6-12)32-21(36-4)11-30-22)24-33-20-8-18(28)23(34-25(20)39-24)37-13(2)14(3)38-26(35)31-16-7-15(27)9-29-10-16/h5-11,13-14H,1-4H3,(H,31,35)/t13-,14+/m0/s1. The number of nitrogens with one attached hydrogen (secondary N) is 1. The first-order valence-electron chi connectivity index (χ1n) is 11.7. The Morgan fingerprint density at radius 3 is 2.59 bits per heavy atom. The molecule has 5 rings (SSSR count). The van der Waals surface area contributed by atoms with Gasteiger partial charge in [-0.2, -0.15) is 4.98 Å². The number of rotatable bonds is 7. The van der Waals surface area contributed by atoms with Crippen molar-refractivity contribution in [3.63, 3.8) is 0 Å². The number of benzene rings is 1. The Bertz CT molecular complexity index is 1700. The van der Waals surface area contributed by atoms with Crippen LogP contribution >= 0.6 is 11.3 Å². The predicted molar refractivity (Wildman–Crippen MR) is 141 cm³/mol. The van der Waals surface area contributed by atoms with Crippen LogP contribution in [0.3, 0.4) is 0 Å². The molecule has 0 radical (unpaired) electrons. The van der Waals surface area contributed by atoms with Crippen LogP contribution in [0.4, 0.5) is 19.3 Å². The molecule has 0 bridgehead atoms. The van der Waals surface area contributed by atoms with Crippen LogP contribution in [0, 0.1) is 18.6 Å². The van der Waals surface area contributed by atoms with E-state index in [9.17, 15) is 13.6 Å². The Kier molecular flexibility index (Phi) is 7.15. The van der Waals surface area contributed by atoms with Crippen molar-refractivity contribution in [1.82, 2.24) is 24.9 Å². The minimum absolute atomic E-state index is 0.131. The Hall–Kier alpha value is -4.52. The number of fused-ring (bicyclic) bond motifs is 2. The van der Waals surface area contributed by atoms with Crippen molar-refractivity contribution in [3.05, 3.63) is 60.1 Å². The van der Waals surface area contributed by atoms with E-state index in [2.05, 4.69) is 30.2 Å². The zero-order valence-corrected chi connectivity index (χ0v) is 22.0. The largest absolute Gasteiger partial charge is 0.480 e. The molecule has 0 saturated carbocycles. The zero-order chi connectivity index (χ0) is 27.7. The third-order valence-electron chi connectivity index (χ3n) is 5.72. The summed E-state index contributed by atoms with van der Waals surface area (Å²) in [6.07, 6.45) is 1.41. The van der Waals surface area contributed by atoms with Crippen LogP contribution in [-0.2, 0) is 4.74 Å². The molecular weight excluding hydrogens is 530 g/mol. The van der Waals surface area contributed by atoms with E-state index in [1.807, 2.05) is 19.1 Å². The molecular formula is C26H22F2N6O4S. The van der Waals surface area contributed by atoms with Gasteiger partial charge in [0.2, 0.25) is 5.88 Å². The fourth-order valence-electron chi connectivity index (χ4n) is 3.70. The lowest BCUT2D eigenvalue weighted by Gasteiger charge is -2.21. The fourth-order valence-corrected chi connectivity index (χ4v) is 4.63. The van der Waals surface area contributed by atoms with Gasteiger partial charge in [0.25, 0.3) is 5.88 Å². The Labute approximate surface area is 225 Å². The lowest BCUT2D eigenvalue weighted by atomic mass is 10.1. The summed E-state index contributed by atoms with van der Waals surface area (Å²) < 4.78 is 44.4. The third kappa shape index (κ3) is 5.67. The van der Waals surface area contributed by atoms with Gasteiger partial charge in [0.15, 0.2) is 5.82 Å². The number of thiazole rings is 1. The smallest absolute Gasteiger partial charge is 0.412 e. The topological polar surface area (TPSA) is 121 Å². The number of pyridine rings is 2. The van der Waals surface area contributed by atoms with E-state index >= 15 is 0 Å². The molecule has 0 aliphatic heterocycles. The van der Waals surface area contributed by atoms with Crippen molar-refractivity contribution in [3.8, 4) is 22.3 Å². The highest BCUT2D eigenvalue weighted by Crippen LogP contribution is 2.35. The highest BCUT2D eigenvalue weighted by Gasteiger charge is 2.23. The highest BCUT2D eigenvalue weighted by molar-refractivity contribution is 7.21. The average Bonchev–Trinajstić information content (AvgIpc) is 3.30. The molecule has 2 atom stereocenters. The summed E-state index contributed by atoms with van der Waals surface area (Å²) in [4.78, 5) is 34.1. The maximum absolute atomic E-state index is 14.9. The monoisotopic (exact) mass is 552 g/mol. The van der Waals surface area contributed by atoms with Crippen LogP contribution in [0.5, 0.6) is 11.8 Å². The number of hydrogen-bond donors (Lipinski definition) is 1. The van der Waals surface area contributed by atoms with E-state index in [1.54, 1.807) is 13.8 Å². The molecule has 1 amide bonds. The number of carbonyl (C=O) groups is 1. The van der Waals surface area contributed by atoms with E-state index in [0.29, 0.717) is 32.3 Å². The maximum atomic E-state index is 14.9. The van der Waals surface area contributed by atoms with Crippen LogP contribution in [-0.4, -0.2) is 50.3 Å². The van der Waals surface area contributed by atoms with Crippen LogP contribution in [0.15, 0.2) is 42.9 Å². The molecule has 0 unspecified atom stereocenters. The number of ether oxygens (including phenoxy) is 3. The second kappa shape index (κ2) is 10.7. The van der Waals surface area contributed by atoms with E-state index < -0.39 is 29.9 Å². The molecule has 0 spiro atoms. The molecule has 13 heteroatoms. The minimum atomic E-state index is -0.840. The molecule has 0 saturated heterocycles. The van der Waals surface area contributed by atoms with Gasteiger partial charge in [-0.05, 0) is 38.5 Å².